The van der Waals surface area contributed by atoms with E-state index in [0.29, 0.717) is 5.82 Å². The zero-order chi connectivity index (χ0) is 39.6. The Labute approximate surface area is 347 Å². The zero-order valence-electron chi connectivity index (χ0n) is 32.7. The van der Waals surface area contributed by atoms with Crippen molar-refractivity contribution in [2.75, 3.05) is 0 Å². The van der Waals surface area contributed by atoms with Crippen LogP contribution in [0.2, 0.25) is 0 Å². The maximum atomic E-state index is 5.34. The van der Waals surface area contributed by atoms with Crippen molar-refractivity contribution in [3.8, 4) is 56.2 Å². The van der Waals surface area contributed by atoms with E-state index in [2.05, 4.69) is 218 Å². The van der Waals surface area contributed by atoms with Crippen molar-refractivity contribution in [2.45, 2.75) is 0 Å². The minimum absolute atomic E-state index is 0.691. The van der Waals surface area contributed by atoms with Crippen molar-refractivity contribution in [1.29, 1.82) is 0 Å². The van der Waals surface area contributed by atoms with Crippen LogP contribution in [-0.2, 0) is 0 Å². The molecule has 0 N–H and O–H groups in total. The van der Waals surface area contributed by atoms with E-state index in [9.17, 15) is 0 Å². The van der Waals surface area contributed by atoms with Crippen molar-refractivity contribution >= 4 is 64.6 Å². The summed E-state index contributed by atoms with van der Waals surface area (Å²) in [6.07, 6.45) is 0. The summed E-state index contributed by atoms with van der Waals surface area (Å²) in [4.78, 5) is 10.7. The second-order valence-corrected chi connectivity index (χ2v) is 15.7. The van der Waals surface area contributed by atoms with Gasteiger partial charge in [0.15, 0.2) is 5.82 Å². The van der Waals surface area contributed by atoms with Gasteiger partial charge < -0.3 is 0 Å². The van der Waals surface area contributed by atoms with Crippen LogP contribution in [0.5, 0.6) is 0 Å². The topological polar surface area (TPSA) is 25.8 Å². The van der Waals surface area contributed by atoms with E-state index in [0.717, 1.165) is 44.8 Å². The summed E-state index contributed by atoms with van der Waals surface area (Å²) in [5.41, 5.74) is 9.54. The first-order chi connectivity index (χ1) is 29.7. The Morgan fingerprint density at radius 2 is 0.733 bits per heavy atom. The average molecular weight is 761 g/mol. The highest BCUT2D eigenvalue weighted by Crippen LogP contribution is 2.41. The summed E-state index contributed by atoms with van der Waals surface area (Å²) in [5.74, 6) is 0.691. The monoisotopic (exact) mass is 760 g/mol. The number of fused-ring (bicyclic) bond motifs is 9. The number of nitrogens with zero attached hydrogens (tertiary/aromatic N) is 2. The first kappa shape index (κ1) is 34.1. The maximum absolute atomic E-state index is 5.34. The van der Waals surface area contributed by atoms with Crippen LogP contribution in [0.1, 0.15) is 0 Å². The molecule has 11 aromatic carbocycles. The Morgan fingerprint density at radius 1 is 0.233 bits per heavy atom. The normalized spacial score (nSPS) is 11.7. The van der Waals surface area contributed by atoms with Gasteiger partial charge in [0.1, 0.15) is 0 Å². The highest BCUT2D eigenvalue weighted by molar-refractivity contribution is 6.20. The van der Waals surface area contributed by atoms with E-state index >= 15 is 0 Å². The molecule has 0 spiro atoms. The Balaban J connectivity index is 1.03. The summed E-state index contributed by atoms with van der Waals surface area (Å²) < 4.78 is 0. The second kappa shape index (κ2) is 13.9. The van der Waals surface area contributed by atoms with Gasteiger partial charge in [-0.05, 0) is 105 Å². The van der Waals surface area contributed by atoms with Crippen LogP contribution < -0.4 is 0 Å². The Bertz CT molecular complexity index is 3640. The Kier molecular flexibility index (Phi) is 7.89. The quantitative estimate of drug-likeness (QED) is 0.129. The number of hydrogen-bond acceptors (Lipinski definition) is 2. The van der Waals surface area contributed by atoms with Crippen molar-refractivity contribution in [3.05, 3.63) is 218 Å². The van der Waals surface area contributed by atoms with E-state index < -0.39 is 0 Å². The van der Waals surface area contributed by atoms with Crippen LogP contribution in [0.4, 0.5) is 0 Å². The van der Waals surface area contributed by atoms with Crippen LogP contribution in [0.25, 0.3) is 121 Å². The molecule has 0 radical (unpaired) electrons. The molecule has 0 aliphatic heterocycles. The van der Waals surface area contributed by atoms with Gasteiger partial charge in [-0.25, -0.2) is 9.97 Å². The van der Waals surface area contributed by atoms with Crippen molar-refractivity contribution < 1.29 is 0 Å². The van der Waals surface area contributed by atoms with Crippen LogP contribution >= 0.6 is 0 Å². The largest absolute Gasteiger partial charge is 0.228 e. The standard InChI is InChI=1S/C58H36N2/c1-2-12-37(13-3-1)46-18-10-11-21-52(46)56-36-55(44-29-30-48-43(34-44)28-32-50-45-17-7-4-14-38(45)26-31-51(48)50)59-58(60-56)41-24-22-40(23-25-41)57-49-20-9-6-16-42(49)35-54-47-19-8-5-15-39(47)27-33-53(54)57/h1-36H. The molecule has 278 valence electrons. The fraction of sp³-hybridized carbons (Fsp3) is 0. The SMILES string of the molecule is c1ccc(-c2ccccc2-c2cc(-c3ccc4c(ccc5c6ccccc6ccc45)c3)nc(-c3ccc(-c4c5ccccc5cc5c4ccc4ccccc45)cc3)n2)cc1. The minimum Gasteiger partial charge on any atom is -0.228 e. The molecule has 0 saturated heterocycles. The molecule has 12 rings (SSSR count). The lowest BCUT2D eigenvalue weighted by Crippen LogP contribution is -1.97. The van der Waals surface area contributed by atoms with Crippen molar-refractivity contribution in [1.82, 2.24) is 9.97 Å². The Hall–Kier alpha value is -7.94. The molecule has 1 aromatic heterocycles. The highest BCUT2D eigenvalue weighted by Gasteiger charge is 2.17. The van der Waals surface area contributed by atoms with Crippen molar-refractivity contribution in [2.24, 2.45) is 0 Å². The molecule has 0 atom stereocenters. The van der Waals surface area contributed by atoms with Gasteiger partial charge >= 0.3 is 0 Å². The van der Waals surface area contributed by atoms with E-state index in [1.165, 1.54) is 70.2 Å². The van der Waals surface area contributed by atoms with Crippen LogP contribution in [0, 0.1) is 0 Å². The van der Waals surface area contributed by atoms with Gasteiger partial charge in [-0.3, -0.25) is 0 Å². The molecule has 12 aromatic rings. The van der Waals surface area contributed by atoms with Gasteiger partial charge in [-0.2, -0.15) is 0 Å². The van der Waals surface area contributed by atoms with E-state index in [4.69, 9.17) is 9.97 Å². The lowest BCUT2D eigenvalue weighted by Gasteiger charge is -2.15. The average Bonchev–Trinajstić information content (AvgIpc) is 3.33. The third-order valence-corrected chi connectivity index (χ3v) is 12.3. The summed E-state index contributed by atoms with van der Waals surface area (Å²) in [7, 11) is 0. The summed E-state index contributed by atoms with van der Waals surface area (Å²) >= 11 is 0. The molecule has 0 aliphatic rings. The molecule has 0 bridgehead atoms. The molecule has 1 heterocycles. The molecule has 0 aliphatic carbocycles. The molecule has 0 saturated carbocycles. The van der Waals surface area contributed by atoms with E-state index in [1.54, 1.807) is 0 Å². The third-order valence-electron chi connectivity index (χ3n) is 12.3. The first-order valence-corrected chi connectivity index (χ1v) is 20.6. The first-order valence-electron chi connectivity index (χ1n) is 20.6. The van der Waals surface area contributed by atoms with Gasteiger partial charge in [0, 0.05) is 16.7 Å². The molecule has 0 fully saturated rings. The van der Waals surface area contributed by atoms with Crippen LogP contribution in [0.3, 0.4) is 0 Å². The number of hydrogen-bond donors (Lipinski definition) is 0. The third kappa shape index (κ3) is 5.65. The molecular weight excluding hydrogens is 725 g/mol. The van der Waals surface area contributed by atoms with Gasteiger partial charge in [0.05, 0.1) is 11.4 Å². The van der Waals surface area contributed by atoms with E-state index in [1.807, 2.05) is 0 Å². The van der Waals surface area contributed by atoms with Gasteiger partial charge in [-0.1, -0.05) is 200 Å². The Morgan fingerprint density at radius 3 is 1.48 bits per heavy atom. The molecule has 0 amide bonds. The van der Waals surface area contributed by atoms with Crippen molar-refractivity contribution in [3.63, 3.8) is 0 Å². The number of rotatable bonds is 5. The van der Waals surface area contributed by atoms with Gasteiger partial charge in [0.25, 0.3) is 0 Å². The summed E-state index contributed by atoms with van der Waals surface area (Å²) in [6.45, 7) is 0. The number of aromatic nitrogens is 2. The highest BCUT2D eigenvalue weighted by atomic mass is 14.9. The van der Waals surface area contributed by atoms with Gasteiger partial charge in [-0.15, -0.1) is 0 Å². The molecular formula is C58H36N2. The molecule has 0 unspecified atom stereocenters. The smallest absolute Gasteiger partial charge is 0.160 e. The van der Waals surface area contributed by atoms with Crippen LogP contribution in [0.15, 0.2) is 218 Å². The number of benzene rings is 11. The molecule has 60 heavy (non-hydrogen) atoms. The maximum Gasteiger partial charge on any atom is 0.160 e. The molecule has 2 heteroatoms. The summed E-state index contributed by atoms with van der Waals surface area (Å²) in [5, 5.41) is 15.0. The minimum atomic E-state index is 0.691. The lowest BCUT2D eigenvalue weighted by atomic mass is 9.89. The van der Waals surface area contributed by atoms with Crippen LogP contribution in [-0.4, -0.2) is 9.97 Å². The fourth-order valence-electron chi connectivity index (χ4n) is 9.34. The summed E-state index contributed by atoms with van der Waals surface area (Å²) in [6, 6.07) is 78.8. The second-order valence-electron chi connectivity index (χ2n) is 15.7. The lowest BCUT2D eigenvalue weighted by molar-refractivity contribution is 1.18. The fourth-order valence-corrected chi connectivity index (χ4v) is 9.34. The predicted molar refractivity (Wildman–Crippen MR) is 254 cm³/mol. The van der Waals surface area contributed by atoms with Gasteiger partial charge in [0.2, 0.25) is 0 Å². The molecule has 2 nitrogen and oxygen atoms in total. The predicted octanol–water partition coefficient (Wildman–Crippen LogP) is 15.7. The zero-order valence-corrected chi connectivity index (χ0v) is 32.7. The van der Waals surface area contributed by atoms with E-state index in [-0.39, 0.29) is 0 Å².